The molecule has 0 aliphatic heterocycles. The Morgan fingerprint density at radius 2 is 1.00 bits per heavy atom. The van der Waals surface area contributed by atoms with Crippen molar-refractivity contribution in [3.63, 3.8) is 0 Å². The van der Waals surface area contributed by atoms with Crippen molar-refractivity contribution in [1.82, 2.24) is 0 Å². The molecule has 2 rings (SSSR count). The van der Waals surface area contributed by atoms with Crippen LogP contribution in [0.5, 0.6) is 0 Å². The molecule has 0 bridgehead atoms. The quantitative estimate of drug-likeness (QED) is 0.304. The molecule has 0 amide bonds. The van der Waals surface area contributed by atoms with E-state index in [1.165, 1.54) is 12.1 Å². The summed E-state index contributed by atoms with van der Waals surface area (Å²) in [6.07, 6.45) is -10.5. The van der Waals surface area contributed by atoms with Crippen LogP contribution in [0.15, 0.2) is 48.6 Å². The third-order valence-corrected chi connectivity index (χ3v) is 4.30. The monoisotopic (exact) mass is 494 g/mol. The highest BCUT2D eigenvalue weighted by molar-refractivity contribution is 6.36. The molecule has 0 N–H and O–H groups in total. The van der Waals surface area contributed by atoms with Gasteiger partial charge in [-0.15, -0.1) is 0 Å². The van der Waals surface area contributed by atoms with E-state index >= 15 is 0 Å². The average molecular weight is 496 g/mol. The zero-order chi connectivity index (χ0) is 22.0. The third kappa shape index (κ3) is 7.33. The molecule has 29 heavy (non-hydrogen) atoms. The predicted molar refractivity (Wildman–Crippen MR) is 102 cm³/mol. The van der Waals surface area contributed by atoms with E-state index < -0.39 is 23.9 Å². The highest BCUT2D eigenvalue weighted by Gasteiger charge is 2.30. The summed E-state index contributed by atoms with van der Waals surface area (Å²) in [5.41, 5.74) is -0.655. The van der Waals surface area contributed by atoms with Gasteiger partial charge in [-0.1, -0.05) is 46.4 Å². The first-order valence-corrected chi connectivity index (χ1v) is 8.94. The van der Waals surface area contributed by atoms with E-state index in [2.05, 4.69) is 0 Å². The van der Waals surface area contributed by atoms with Crippen molar-refractivity contribution < 1.29 is 31.1 Å². The minimum atomic E-state index is -4.93. The van der Waals surface area contributed by atoms with Gasteiger partial charge < -0.3 is 4.74 Å². The normalized spacial score (nSPS) is 13.6. The standard InChI is InChI=1S/C18H8Cl4F6O/c19-9-1-3-11(13(21)5-9)15(7-17(23,24)25)29-16(8-18(26,27)28)12-4-2-10(20)6-14(12)22/h1-8H/b15-7-,16-8-. The number of halogens is 10. The van der Waals surface area contributed by atoms with Crippen molar-refractivity contribution in [2.24, 2.45) is 0 Å². The van der Waals surface area contributed by atoms with Crippen molar-refractivity contribution >= 4 is 57.9 Å². The topological polar surface area (TPSA) is 9.23 Å². The number of hydrogen-bond acceptors (Lipinski definition) is 1. The molecule has 0 spiro atoms. The molecule has 0 atom stereocenters. The lowest BCUT2D eigenvalue weighted by atomic mass is 10.1. The summed E-state index contributed by atoms with van der Waals surface area (Å²) in [5, 5.41) is -0.308. The van der Waals surface area contributed by atoms with Gasteiger partial charge in [0, 0.05) is 21.2 Å². The van der Waals surface area contributed by atoms with Crippen LogP contribution in [-0.2, 0) is 4.74 Å². The van der Waals surface area contributed by atoms with Gasteiger partial charge in [-0.3, -0.25) is 0 Å². The Morgan fingerprint density at radius 3 is 1.28 bits per heavy atom. The molecule has 0 heterocycles. The zero-order valence-electron chi connectivity index (χ0n) is 13.8. The molecule has 0 radical (unpaired) electrons. The fourth-order valence-electron chi connectivity index (χ4n) is 2.12. The number of rotatable bonds is 4. The van der Waals surface area contributed by atoms with Crippen LogP contribution in [0, 0.1) is 0 Å². The summed E-state index contributed by atoms with van der Waals surface area (Å²) in [6.45, 7) is 0. The Bertz CT molecular complexity index is 886. The second kappa shape index (κ2) is 9.08. The average Bonchev–Trinajstić information content (AvgIpc) is 2.51. The SMILES string of the molecule is FC(F)(F)/C=C(\O/C(=C\C(F)(F)F)c1ccc(Cl)cc1Cl)c1ccc(Cl)cc1Cl. The first-order valence-electron chi connectivity index (χ1n) is 7.43. The summed E-state index contributed by atoms with van der Waals surface area (Å²) < 4.78 is 83.1. The maximum absolute atomic E-state index is 13.0. The van der Waals surface area contributed by atoms with Gasteiger partial charge >= 0.3 is 12.4 Å². The van der Waals surface area contributed by atoms with E-state index in [1.54, 1.807) is 0 Å². The second-order valence-electron chi connectivity index (χ2n) is 5.45. The number of benzene rings is 2. The van der Waals surface area contributed by atoms with E-state index in [9.17, 15) is 26.3 Å². The minimum absolute atomic E-state index is 0.108. The Labute approximate surface area is 181 Å². The largest absolute Gasteiger partial charge is 0.456 e. The highest BCUT2D eigenvalue weighted by Crippen LogP contribution is 2.38. The van der Waals surface area contributed by atoms with Gasteiger partial charge in [-0.05, 0) is 36.4 Å². The Hall–Kier alpha value is -1.54. The van der Waals surface area contributed by atoms with Crippen LogP contribution in [0.4, 0.5) is 26.3 Å². The fraction of sp³-hybridized carbons (Fsp3) is 0.111. The summed E-state index contributed by atoms with van der Waals surface area (Å²) in [6, 6.07) is 6.81. The fourth-order valence-corrected chi connectivity index (χ4v) is 3.12. The van der Waals surface area contributed by atoms with Crippen LogP contribution in [0.2, 0.25) is 20.1 Å². The minimum Gasteiger partial charge on any atom is -0.456 e. The van der Waals surface area contributed by atoms with Crippen LogP contribution in [0.1, 0.15) is 11.1 Å². The van der Waals surface area contributed by atoms with Crippen molar-refractivity contribution in [2.45, 2.75) is 12.4 Å². The summed E-state index contributed by atoms with van der Waals surface area (Å²) in [4.78, 5) is 0. The van der Waals surface area contributed by atoms with Gasteiger partial charge in [0.2, 0.25) is 0 Å². The molecule has 2 aromatic carbocycles. The maximum Gasteiger partial charge on any atom is 0.413 e. The molecule has 0 unspecified atom stereocenters. The van der Waals surface area contributed by atoms with Crippen molar-refractivity contribution in [2.75, 3.05) is 0 Å². The van der Waals surface area contributed by atoms with Crippen LogP contribution in [-0.4, -0.2) is 12.4 Å². The maximum atomic E-state index is 13.0. The van der Waals surface area contributed by atoms with E-state index in [4.69, 9.17) is 51.1 Å². The van der Waals surface area contributed by atoms with Crippen LogP contribution in [0.3, 0.4) is 0 Å². The van der Waals surface area contributed by atoms with Crippen LogP contribution >= 0.6 is 46.4 Å². The molecule has 0 aromatic heterocycles. The van der Waals surface area contributed by atoms with E-state index in [0.717, 1.165) is 24.3 Å². The van der Waals surface area contributed by atoms with Crippen molar-refractivity contribution in [1.29, 1.82) is 0 Å². The number of allylic oxidation sites excluding steroid dienone is 2. The molecule has 156 valence electrons. The molecule has 11 heteroatoms. The number of ether oxygens (including phenoxy) is 1. The zero-order valence-corrected chi connectivity index (χ0v) is 16.8. The van der Waals surface area contributed by atoms with Gasteiger partial charge in [0.05, 0.1) is 22.2 Å². The van der Waals surface area contributed by atoms with E-state index in [0.29, 0.717) is 0 Å². The van der Waals surface area contributed by atoms with E-state index in [1.807, 2.05) is 0 Å². The molecule has 0 aliphatic rings. The van der Waals surface area contributed by atoms with E-state index in [-0.39, 0.29) is 43.4 Å². The Kier molecular flexibility index (Phi) is 7.43. The van der Waals surface area contributed by atoms with Crippen molar-refractivity contribution in [3.05, 3.63) is 79.8 Å². The first-order chi connectivity index (χ1) is 13.2. The van der Waals surface area contributed by atoms with Gasteiger partial charge in [-0.2, -0.15) is 26.3 Å². The lowest BCUT2D eigenvalue weighted by Crippen LogP contribution is -2.08. The number of hydrogen-bond donors (Lipinski definition) is 0. The van der Waals surface area contributed by atoms with Gasteiger partial charge in [0.1, 0.15) is 11.5 Å². The first kappa shape index (κ1) is 23.7. The van der Waals surface area contributed by atoms with Gasteiger partial charge in [0.25, 0.3) is 0 Å². The van der Waals surface area contributed by atoms with Gasteiger partial charge in [0.15, 0.2) is 0 Å². The van der Waals surface area contributed by atoms with Crippen LogP contribution in [0.25, 0.3) is 11.5 Å². The van der Waals surface area contributed by atoms with Crippen molar-refractivity contribution in [3.8, 4) is 0 Å². The molecule has 0 saturated carbocycles. The van der Waals surface area contributed by atoms with Crippen LogP contribution < -0.4 is 0 Å². The second-order valence-corrected chi connectivity index (χ2v) is 7.14. The molecule has 1 nitrogen and oxygen atoms in total. The number of alkyl halides is 6. The predicted octanol–water partition coefficient (Wildman–Crippen LogP) is 8.82. The lowest BCUT2D eigenvalue weighted by Gasteiger charge is -2.18. The summed E-state index contributed by atoms with van der Waals surface area (Å²) in [5.74, 6) is -1.97. The summed E-state index contributed by atoms with van der Waals surface area (Å²) >= 11 is 23.3. The van der Waals surface area contributed by atoms with Gasteiger partial charge in [-0.25, -0.2) is 0 Å². The Morgan fingerprint density at radius 1 is 0.655 bits per heavy atom. The third-order valence-electron chi connectivity index (χ3n) is 3.20. The Balaban J connectivity index is 2.65. The molecular weight excluding hydrogens is 488 g/mol. The summed E-state index contributed by atoms with van der Waals surface area (Å²) in [7, 11) is 0. The lowest BCUT2D eigenvalue weighted by molar-refractivity contribution is -0.0803. The molecule has 0 aliphatic carbocycles. The molecule has 2 aromatic rings. The molecule has 0 fully saturated rings. The molecule has 0 saturated heterocycles. The smallest absolute Gasteiger partial charge is 0.413 e. The highest BCUT2D eigenvalue weighted by atomic mass is 35.5. The molecular formula is C18H8Cl4F6O.